The lowest BCUT2D eigenvalue weighted by molar-refractivity contribution is 0.133. The van der Waals surface area contributed by atoms with Gasteiger partial charge in [0.15, 0.2) is 0 Å². The van der Waals surface area contributed by atoms with Crippen LogP contribution in [0, 0.1) is 12.7 Å². The Morgan fingerprint density at radius 1 is 1.17 bits per heavy atom. The molecule has 1 atom stereocenters. The summed E-state index contributed by atoms with van der Waals surface area (Å²) in [4.78, 5) is 5.06. The van der Waals surface area contributed by atoms with Gasteiger partial charge in [-0.25, -0.2) is 4.39 Å². The second-order valence-corrected chi connectivity index (χ2v) is 5.56. The summed E-state index contributed by atoms with van der Waals surface area (Å²) in [7, 11) is 0. The third-order valence-electron chi connectivity index (χ3n) is 4.34. The normalized spacial score (nSPS) is 25.0. The summed E-state index contributed by atoms with van der Waals surface area (Å²) in [5.74, 6) is -0.132. The zero-order valence-electron chi connectivity index (χ0n) is 11.0. The summed E-state index contributed by atoms with van der Waals surface area (Å²) >= 11 is 0. The summed E-state index contributed by atoms with van der Waals surface area (Å²) in [6, 6.07) is 5.86. The van der Waals surface area contributed by atoms with Crippen LogP contribution < -0.4 is 4.90 Å². The first-order valence-electron chi connectivity index (χ1n) is 6.99. The van der Waals surface area contributed by atoms with Gasteiger partial charge in [-0.05, 0) is 50.1 Å². The Hall–Kier alpha value is -1.09. The summed E-state index contributed by atoms with van der Waals surface area (Å²) in [6.07, 6.45) is 4.03. The van der Waals surface area contributed by atoms with Crippen LogP contribution in [0.4, 0.5) is 10.1 Å². The fourth-order valence-electron chi connectivity index (χ4n) is 3.35. The molecule has 1 unspecified atom stereocenters. The van der Waals surface area contributed by atoms with Gasteiger partial charge in [-0.1, -0.05) is 6.42 Å². The van der Waals surface area contributed by atoms with E-state index in [0.29, 0.717) is 6.04 Å². The molecule has 0 spiro atoms. The minimum Gasteiger partial charge on any atom is -0.368 e. The number of fused-ring (bicyclic) bond motifs is 1. The molecule has 0 saturated carbocycles. The summed E-state index contributed by atoms with van der Waals surface area (Å²) < 4.78 is 13.2. The predicted molar refractivity (Wildman–Crippen MR) is 72.6 cm³/mol. The van der Waals surface area contributed by atoms with Crippen molar-refractivity contribution >= 4 is 5.69 Å². The van der Waals surface area contributed by atoms with E-state index in [1.807, 2.05) is 13.0 Å². The van der Waals surface area contributed by atoms with Crippen LogP contribution in [-0.2, 0) is 0 Å². The van der Waals surface area contributed by atoms with E-state index < -0.39 is 0 Å². The van der Waals surface area contributed by atoms with E-state index in [2.05, 4.69) is 9.80 Å². The fraction of sp³-hybridized carbons (Fsp3) is 0.600. The molecule has 1 aromatic rings. The van der Waals surface area contributed by atoms with Crippen LogP contribution in [0.5, 0.6) is 0 Å². The Morgan fingerprint density at radius 2 is 2.06 bits per heavy atom. The summed E-state index contributed by atoms with van der Waals surface area (Å²) in [5, 5.41) is 0. The molecule has 3 rings (SSSR count). The number of hydrogen-bond acceptors (Lipinski definition) is 2. The maximum atomic E-state index is 13.2. The van der Waals surface area contributed by atoms with Crippen molar-refractivity contribution in [1.82, 2.24) is 4.90 Å². The minimum absolute atomic E-state index is 0.132. The highest BCUT2D eigenvalue weighted by molar-refractivity contribution is 5.53. The highest BCUT2D eigenvalue weighted by atomic mass is 19.1. The van der Waals surface area contributed by atoms with Crippen molar-refractivity contribution in [2.75, 3.05) is 31.1 Å². The third-order valence-corrected chi connectivity index (χ3v) is 4.34. The molecule has 0 aliphatic carbocycles. The van der Waals surface area contributed by atoms with Crippen LogP contribution in [0.2, 0.25) is 0 Å². The van der Waals surface area contributed by atoms with Gasteiger partial charge >= 0.3 is 0 Å². The van der Waals surface area contributed by atoms with Gasteiger partial charge in [0.05, 0.1) is 0 Å². The molecular formula is C15H21FN2. The van der Waals surface area contributed by atoms with Gasteiger partial charge in [0, 0.05) is 31.4 Å². The molecule has 0 bridgehead atoms. The van der Waals surface area contributed by atoms with Gasteiger partial charge in [0.1, 0.15) is 5.82 Å². The van der Waals surface area contributed by atoms with Crippen LogP contribution in [0.15, 0.2) is 18.2 Å². The van der Waals surface area contributed by atoms with Crippen molar-refractivity contribution in [3.8, 4) is 0 Å². The van der Waals surface area contributed by atoms with Crippen LogP contribution in [-0.4, -0.2) is 37.1 Å². The van der Waals surface area contributed by atoms with Crippen molar-refractivity contribution in [3.63, 3.8) is 0 Å². The quantitative estimate of drug-likeness (QED) is 0.754. The Morgan fingerprint density at radius 3 is 2.89 bits per heavy atom. The van der Waals surface area contributed by atoms with E-state index in [1.165, 1.54) is 31.5 Å². The monoisotopic (exact) mass is 248 g/mol. The first kappa shape index (κ1) is 12.0. The van der Waals surface area contributed by atoms with Gasteiger partial charge in [0.25, 0.3) is 0 Å². The molecule has 0 amide bonds. The van der Waals surface area contributed by atoms with Crippen LogP contribution in [0.25, 0.3) is 0 Å². The van der Waals surface area contributed by atoms with Crippen molar-refractivity contribution < 1.29 is 4.39 Å². The zero-order chi connectivity index (χ0) is 12.5. The average Bonchev–Trinajstić information content (AvgIpc) is 2.38. The third kappa shape index (κ3) is 2.24. The molecular weight excluding hydrogens is 227 g/mol. The number of anilines is 1. The SMILES string of the molecule is Cc1cc(F)ccc1N1CCN2CCCCC2C1. The van der Waals surface area contributed by atoms with Crippen LogP contribution >= 0.6 is 0 Å². The highest BCUT2D eigenvalue weighted by Crippen LogP contribution is 2.27. The van der Waals surface area contributed by atoms with E-state index in [-0.39, 0.29) is 5.82 Å². The average molecular weight is 248 g/mol. The lowest BCUT2D eigenvalue weighted by atomic mass is 9.99. The topological polar surface area (TPSA) is 6.48 Å². The molecule has 2 aliphatic heterocycles. The maximum absolute atomic E-state index is 13.2. The molecule has 2 nitrogen and oxygen atoms in total. The molecule has 2 aliphatic rings. The molecule has 0 radical (unpaired) electrons. The number of nitrogens with zero attached hydrogens (tertiary/aromatic N) is 2. The lowest BCUT2D eigenvalue weighted by Gasteiger charge is -2.45. The van der Waals surface area contributed by atoms with Crippen molar-refractivity contribution in [1.29, 1.82) is 0 Å². The van der Waals surface area contributed by atoms with Crippen LogP contribution in [0.1, 0.15) is 24.8 Å². The highest BCUT2D eigenvalue weighted by Gasteiger charge is 2.29. The lowest BCUT2D eigenvalue weighted by Crippen LogP contribution is -2.55. The van der Waals surface area contributed by atoms with E-state index in [1.54, 1.807) is 12.1 Å². The maximum Gasteiger partial charge on any atom is 0.123 e. The molecule has 18 heavy (non-hydrogen) atoms. The zero-order valence-corrected chi connectivity index (χ0v) is 11.0. The molecule has 3 heteroatoms. The van der Waals surface area contributed by atoms with Gasteiger partial charge in [-0.2, -0.15) is 0 Å². The second-order valence-electron chi connectivity index (χ2n) is 5.56. The smallest absolute Gasteiger partial charge is 0.123 e. The predicted octanol–water partition coefficient (Wildman–Crippen LogP) is 2.81. The van der Waals surface area contributed by atoms with Crippen molar-refractivity contribution in [2.24, 2.45) is 0 Å². The number of rotatable bonds is 1. The number of piperidine rings is 1. The molecule has 98 valence electrons. The van der Waals surface area contributed by atoms with Crippen LogP contribution in [0.3, 0.4) is 0 Å². The van der Waals surface area contributed by atoms with E-state index in [4.69, 9.17) is 0 Å². The summed E-state index contributed by atoms with van der Waals surface area (Å²) in [5.41, 5.74) is 2.26. The van der Waals surface area contributed by atoms with Crippen molar-refractivity contribution in [2.45, 2.75) is 32.2 Å². The Balaban J connectivity index is 1.77. The van der Waals surface area contributed by atoms with E-state index >= 15 is 0 Å². The van der Waals surface area contributed by atoms with Gasteiger partial charge in [0.2, 0.25) is 0 Å². The number of hydrogen-bond donors (Lipinski definition) is 0. The van der Waals surface area contributed by atoms with E-state index in [9.17, 15) is 4.39 Å². The van der Waals surface area contributed by atoms with Gasteiger partial charge < -0.3 is 4.90 Å². The van der Waals surface area contributed by atoms with Gasteiger partial charge in [-0.3, -0.25) is 4.90 Å². The first-order chi connectivity index (χ1) is 8.74. The fourth-order valence-corrected chi connectivity index (χ4v) is 3.35. The summed E-state index contributed by atoms with van der Waals surface area (Å²) in [6.45, 7) is 6.60. The number of halogens is 1. The molecule has 1 aromatic carbocycles. The van der Waals surface area contributed by atoms with Crippen molar-refractivity contribution in [3.05, 3.63) is 29.6 Å². The second kappa shape index (κ2) is 4.88. The minimum atomic E-state index is -0.132. The molecule has 0 N–H and O–H groups in total. The number of benzene rings is 1. The largest absolute Gasteiger partial charge is 0.368 e. The van der Waals surface area contributed by atoms with E-state index in [0.717, 1.165) is 25.2 Å². The number of piperazine rings is 1. The molecule has 2 fully saturated rings. The standard InChI is InChI=1S/C15H21FN2/c1-12-10-13(16)5-6-15(12)18-9-8-17-7-3-2-4-14(17)11-18/h5-6,10,14H,2-4,7-9,11H2,1H3. The van der Waals surface area contributed by atoms with Gasteiger partial charge in [-0.15, -0.1) is 0 Å². The molecule has 2 saturated heterocycles. The number of aryl methyl sites for hydroxylation is 1. The molecule has 0 aromatic heterocycles. The Labute approximate surface area is 108 Å². The Kier molecular flexibility index (Phi) is 3.25. The molecule has 2 heterocycles. The first-order valence-corrected chi connectivity index (χ1v) is 6.99. The Bertz CT molecular complexity index is 433.